The van der Waals surface area contributed by atoms with Gasteiger partial charge in [-0.25, -0.2) is 0 Å². The maximum Gasteiger partial charge on any atom is 0.153 e. The minimum atomic E-state index is 0.809. The Hall–Kier alpha value is -1.48. The van der Waals surface area contributed by atoms with Crippen molar-refractivity contribution in [3.8, 4) is 0 Å². The van der Waals surface area contributed by atoms with Crippen LogP contribution in [0.5, 0.6) is 0 Å². The molecule has 2 heterocycles. The van der Waals surface area contributed by atoms with Crippen LogP contribution in [0.1, 0.15) is 0 Å². The molecule has 0 amide bonds. The average Bonchev–Trinajstić information content (AvgIpc) is 2.59. The number of hydrogen-bond donors (Lipinski definition) is 1. The highest BCUT2D eigenvalue weighted by molar-refractivity contribution is 7.80. The molecule has 14 heavy (non-hydrogen) atoms. The van der Waals surface area contributed by atoms with Crippen LogP contribution >= 0.6 is 12.6 Å². The predicted octanol–water partition coefficient (Wildman–Crippen LogP) is 3.27. The number of thiol groups is 1. The molecule has 0 aliphatic carbocycles. The summed E-state index contributed by atoms with van der Waals surface area (Å²) in [6.45, 7) is 0. The topological polar surface area (TPSA) is 26.0 Å². The molecule has 0 spiro atoms. The van der Waals surface area contributed by atoms with Gasteiger partial charge in [0.15, 0.2) is 5.58 Å². The summed E-state index contributed by atoms with van der Waals surface area (Å²) < 4.78 is 5.64. The molecule has 0 saturated carbocycles. The Bertz CT molecular complexity index is 615. The van der Waals surface area contributed by atoms with E-state index >= 15 is 0 Å². The molecule has 0 bridgehead atoms. The van der Waals surface area contributed by atoms with Gasteiger partial charge >= 0.3 is 0 Å². The number of aromatic nitrogens is 1. The highest BCUT2D eigenvalue weighted by Crippen LogP contribution is 2.30. The summed E-state index contributed by atoms with van der Waals surface area (Å²) in [5.41, 5.74) is 2.52. The Morgan fingerprint density at radius 3 is 3.00 bits per heavy atom. The summed E-state index contributed by atoms with van der Waals surface area (Å²) in [6.07, 6.45) is 1.77. The lowest BCUT2D eigenvalue weighted by molar-refractivity contribution is 0.660. The van der Waals surface area contributed by atoms with Gasteiger partial charge in [-0.15, -0.1) is 12.6 Å². The molecule has 3 heteroatoms. The van der Waals surface area contributed by atoms with Crippen molar-refractivity contribution in [1.82, 2.24) is 4.98 Å². The molecule has 0 saturated heterocycles. The third-order valence-corrected chi connectivity index (χ3v) is 2.58. The van der Waals surface area contributed by atoms with Crippen LogP contribution in [0.15, 0.2) is 45.8 Å². The molecular formula is C11H7NOS. The summed E-state index contributed by atoms with van der Waals surface area (Å²) in [4.78, 5) is 5.13. The SMILES string of the molecule is Sc1cccc2c1oc1cccnc12. The van der Waals surface area contributed by atoms with Gasteiger partial charge in [0.2, 0.25) is 0 Å². The van der Waals surface area contributed by atoms with Crippen LogP contribution in [0.3, 0.4) is 0 Å². The second kappa shape index (κ2) is 2.75. The Kier molecular flexibility index (Phi) is 1.55. The van der Waals surface area contributed by atoms with E-state index in [1.54, 1.807) is 6.20 Å². The van der Waals surface area contributed by atoms with Gasteiger partial charge in [0.1, 0.15) is 11.1 Å². The highest BCUT2D eigenvalue weighted by atomic mass is 32.1. The van der Waals surface area contributed by atoms with Crippen molar-refractivity contribution in [3.63, 3.8) is 0 Å². The lowest BCUT2D eigenvalue weighted by Crippen LogP contribution is -1.71. The summed E-state index contributed by atoms with van der Waals surface area (Å²) in [6, 6.07) is 9.63. The first-order valence-electron chi connectivity index (χ1n) is 4.31. The summed E-state index contributed by atoms with van der Waals surface area (Å²) in [5, 5.41) is 1.02. The molecule has 0 fully saturated rings. The third kappa shape index (κ3) is 0.960. The van der Waals surface area contributed by atoms with Crippen LogP contribution in [0, 0.1) is 0 Å². The largest absolute Gasteiger partial charge is 0.453 e. The molecule has 3 rings (SSSR count). The van der Waals surface area contributed by atoms with Crippen LogP contribution in [0.2, 0.25) is 0 Å². The van der Waals surface area contributed by atoms with Crippen molar-refractivity contribution in [2.24, 2.45) is 0 Å². The molecule has 68 valence electrons. The standard InChI is InChI=1S/C11H7NOS/c14-9-5-1-3-7-10-8(13-11(7)9)4-2-6-12-10/h1-6,14H. The molecule has 0 radical (unpaired) electrons. The number of para-hydroxylation sites is 1. The highest BCUT2D eigenvalue weighted by Gasteiger charge is 2.08. The molecule has 2 nitrogen and oxygen atoms in total. The maximum absolute atomic E-state index is 5.64. The number of rotatable bonds is 0. The van der Waals surface area contributed by atoms with Crippen molar-refractivity contribution in [1.29, 1.82) is 0 Å². The number of pyridine rings is 1. The number of nitrogens with zero attached hydrogens (tertiary/aromatic N) is 1. The molecule has 1 aromatic carbocycles. The van der Waals surface area contributed by atoms with E-state index in [1.165, 1.54) is 0 Å². The van der Waals surface area contributed by atoms with Gasteiger partial charge in [0, 0.05) is 16.5 Å². The van der Waals surface area contributed by atoms with Gasteiger partial charge in [-0.05, 0) is 24.3 Å². The zero-order chi connectivity index (χ0) is 9.54. The zero-order valence-electron chi connectivity index (χ0n) is 7.27. The molecular weight excluding hydrogens is 194 g/mol. The first-order chi connectivity index (χ1) is 6.86. The van der Waals surface area contributed by atoms with Gasteiger partial charge in [-0.3, -0.25) is 4.98 Å². The molecule has 0 N–H and O–H groups in total. The minimum absolute atomic E-state index is 0.809. The molecule has 2 aromatic heterocycles. The van der Waals surface area contributed by atoms with Crippen molar-refractivity contribution < 1.29 is 4.42 Å². The van der Waals surface area contributed by atoms with E-state index in [1.807, 2.05) is 30.3 Å². The van der Waals surface area contributed by atoms with E-state index in [-0.39, 0.29) is 0 Å². The lowest BCUT2D eigenvalue weighted by atomic mass is 10.2. The van der Waals surface area contributed by atoms with Crippen LogP contribution in [0.4, 0.5) is 0 Å². The Morgan fingerprint density at radius 1 is 1.14 bits per heavy atom. The van der Waals surface area contributed by atoms with E-state index in [9.17, 15) is 0 Å². The van der Waals surface area contributed by atoms with Crippen LogP contribution in [-0.2, 0) is 0 Å². The van der Waals surface area contributed by atoms with Crippen molar-refractivity contribution >= 4 is 34.7 Å². The number of furan rings is 1. The number of benzene rings is 1. The molecule has 0 unspecified atom stereocenters. The Balaban J connectivity index is 2.63. The third-order valence-electron chi connectivity index (χ3n) is 2.23. The van der Waals surface area contributed by atoms with Crippen molar-refractivity contribution in [2.75, 3.05) is 0 Å². The fourth-order valence-corrected chi connectivity index (χ4v) is 1.86. The first-order valence-corrected chi connectivity index (χ1v) is 4.76. The summed E-state index contributed by atoms with van der Waals surface area (Å²) >= 11 is 4.34. The smallest absolute Gasteiger partial charge is 0.153 e. The van der Waals surface area contributed by atoms with Gasteiger partial charge in [-0.2, -0.15) is 0 Å². The fourth-order valence-electron chi connectivity index (χ4n) is 1.60. The summed E-state index contributed by atoms with van der Waals surface area (Å²) in [5.74, 6) is 0. The van der Waals surface area contributed by atoms with Crippen molar-refractivity contribution in [2.45, 2.75) is 4.90 Å². The normalized spacial score (nSPS) is 11.2. The van der Waals surface area contributed by atoms with Gasteiger partial charge < -0.3 is 4.42 Å². The van der Waals surface area contributed by atoms with Crippen LogP contribution < -0.4 is 0 Å². The monoisotopic (exact) mass is 201 g/mol. The number of hydrogen-bond acceptors (Lipinski definition) is 3. The molecule has 0 aliphatic heterocycles. The zero-order valence-corrected chi connectivity index (χ0v) is 8.16. The maximum atomic E-state index is 5.64. The van der Waals surface area contributed by atoms with Crippen LogP contribution in [-0.4, -0.2) is 4.98 Å². The Morgan fingerprint density at radius 2 is 2.07 bits per heavy atom. The van der Waals surface area contributed by atoms with Gasteiger partial charge in [0.25, 0.3) is 0 Å². The van der Waals surface area contributed by atoms with E-state index in [4.69, 9.17) is 4.42 Å². The van der Waals surface area contributed by atoms with Crippen molar-refractivity contribution in [3.05, 3.63) is 36.5 Å². The lowest BCUT2D eigenvalue weighted by Gasteiger charge is -1.90. The van der Waals surface area contributed by atoms with E-state index in [2.05, 4.69) is 17.6 Å². The van der Waals surface area contributed by atoms with Crippen LogP contribution in [0.25, 0.3) is 22.1 Å². The molecule has 3 aromatic rings. The van der Waals surface area contributed by atoms with Gasteiger partial charge in [-0.1, -0.05) is 6.07 Å². The predicted molar refractivity (Wildman–Crippen MR) is 58.8 cm³/mol. The summed E-state index contributed by atoms with van der Waals surface area (Å²) in [7, 11) is 0. The minimum Gasteiger partial charge on any atom is -0.453 e. The second-order valence-corrected chi connectivity index (χ2v) is 3.59. The number of fused-ring (bicyclic) bond motifs is 3. The van der Waals surface area contributed by atoms with E-state index in [0.717, 1.165) is 27.0 Å². The average molecular weight is 201 g/mol. The molecule has 0 atom stereocenters. The van der Waals surface area contributed by atoms with E-state index < -0.39 is 0 Å². The fraction of sp³-hybridized carbons (Fsp3) is 0. The van der Waals surface area contributed by atoms with Gasteiger partial charge in [0.05, 0.1) is 0 Å². The first kappa shape index (κ1) is 7.88. The Labute approximate surface area is 86.0 Å². The van der Waals surface area contributed by atoms with E-state index in [0.29, 0.717) is 0 Å². The second-order valence-electron chi connectivity index (χ2n) is 3.11. The molecule has 0 aliphatic rings. The quantitative estimate of drug-likeness (QED) is 0.565.